The Labute approximate surface area is 172 Å². The largest absolute Gasteiger partial charge is 0.480 e. The minimum atomic E-state index is -4.18. The summed E-state index contributed by atoms with van der Waals surface area (Å²) in [4.78, 5) is 35.5. The maximum absolute atomic E-state index is 12.6. The second kappa shape index (κ2) is 8.85. The quantitative estimate of drug-likeness (QED) is 0.370. The van der Waals surface area contributed by atoms with Gasteiger partial charge in [-0.05, 0) is 22.9 Å². The first-order chi connectivity index (χ1) is 14.3. The van der Waals surface area contributed by atoms with E-state index in [1.165, 1.54) is 24.3 Å². The van der Waals surface area contributed by atoms with Gasteiger partial charge >= 0.3 is 5.97 Å². The van der Waals surface area contributed by atoms with Crippen molar-refractivity contribution in [3.63, 3.8) is 0 Å². The minimum Gasteiger partial charge on any atom is -0.480 e. The van der Waals surface area contributed by atoms with E-state index in [1.54, 1.807) is 36.4 Å². The second-order valence-corrected chi connectivity index (χ2v) is 8.14. The number of sulfonamides is 1. The van der Waals surface area contributed by atoms with E-state index in [9.17, 15) is 27.9 Å². The van der Waals surface area contributed by atoms with Crippen LogP contribution < -0.4 is 10.0 Å². The van der Waals surface area contributed by atoms with Crippen LogP contribution in [0.15, 0.2) is 77.7 Å². The molecule has 9 heteroatoms. The fourth-order valence-electron chi connectivity index (χ4n) is 2.76. The Morgan fingerprint density at radius 2 is 1.50 bits per heavy atom. The number of nitrogens with one attached hydrogen (secondary N) is 2. The van der Waals surface area contributed by atoms with Gasteiger partial charge < -0.3 is 10.4 Å². The average Bonchev–Trinajstić information content (AvgIpc) is 2.75. The third-order valence-corrected chi connectivity index (χ3v) is 5.81. The second-order valence-electron chi connectivity index (χ2n) is 6.43. The molecule has 0 bridgehead atoms. The zero-order valence-corrected chi connectivity index (χ0v) is 16.4. The van der Waals surface area contributed by atoms with Crippen molar-refractivity contribution in [3.05, 3.63) is 78.4 Å². The highest BCUT2D eigenvalue weighted by molar-refractivity contribution is 7.89. The number of rotatable bonds is 8. The molecule has 0 aromatic heterocycles. The lowest BCUT2D eigenvalue weighted by molar-refractivity contribution is -0.138. The number of carbonyl (C=O) groups excluding carboxylic acids is 2. The fraction of sp³-hybridized carbons (Fsp3) is 0.0952. The van der Waals surface area contributed by atoms with Gasteiger partial charge in [0.15, 0.2) is 0 Å². The summed E-state index contributed by atoms with van der Waals surface area (Å²) in [6.45, 7) is -0.598. The summed E-state index contributed by atoms with van der Waals surface area (Å²) in [5.41, 5.74) is 0.138. The molecule has 8 nitrogen and oxygen atoms in total. The summed E-state index contributed by atoms with van der Waals surface area (Å²) >= 11 is 0. The number of benzene rings is 3. The van der Waals surface area contributed by atoms with Crippen molar-refractivity contribution in [2.24, 2.45) is 0 Å². The van der Waals surface area contributed by atoms with Crippen molar-refractivity contribution in [2.45, 2.75) is 10.9 Å². The Hall–Kier alpha value is -3.56. The number of hydrogen-bond donors (Lipinski definition) is 3. The van der Waals surface area contributed by atoms with Crippen LogP contribution in [0, 0.1) is 0 Å². The molecule has 0 saturated carbocycles. The lowest BCUT2D eigenvalue weighted by Crippen LogP contribution is -2.49. The molecule has 0 aliphatic carbocycles. The Bertz CT molecular complexity index is 1210. The number of amides is 1. The lowest BCUT2D eigenvalue weighted by Gasteiger charge is -2.15. The van der Waals surface area contributed by atoms with E-state index < -0.39 is 40.3 Å². The number of fused-ring (bicyclic) bond motifs is 1. The molecular weight excluding hydrogens is 408 g/mol. The zero-order valence-electron chi connectivity index (χ0n) is 15.6. The minimum absolute atomic E-state index is 0.112. The van der Waals surface area contributed by atoms with Gasteiger partial charge in [-0.3, -0.25) is 14.4 Å². The van der Waals surface area contributed by atoms with Gasteiger partial charge in [0.05, 0.1) is 4.90 Å². The first-order valence-electron chi connectivity index (χ1n) is 8.89. The molecule has 0 unspecified atom stereocenters. The summed E-state index contributed by atoms with van der Waals surface area (Å²) in [6.07, 6.45) is 0. The molecule has 3 aromatic carbocycles. The van der Waals surface area contributed by atoms with E-state index in [0.717, 1.165) is 5.39 Å². The van der Waals surface area contributed by atoms with Crippen molar-refractivity contribution in [3.8, 4) is 0 Å². The first kappa shape index (κ1) is 21.2. The molecule has 0 heterocycles. The van der Waals surface area contributed by atoms with Crippen LogP contribution in [0.4, 0.5) is 0 Å². The normalized spacial score (nSPS) is 12.3. The van der Waals surface area contributed by atoms with Crippen LogP contribution in [0.1, 0.15) is 10.4 Å². The highest BCUT2D eigenvalue weighted by Gasteiger charge is 2.27. The Balaban J connectivity index is 1.72. The van der Waals surface area contributed by atoms with Crippen molar-refractivity contribution in [2.75, 3.05) is 6.54 Å². The number of carbonyl (C=O) groups is 3. The van der Waals surface area contributed by atoms with Gasteiger partial charge in [0, 0.05) is 12.1 Å². The molecule has 154 valence electrons. The monoisotopic (exact) mass is 426 g/mol. The number of ketones is 1. The summed E-state index contributed by atoms with van der Waals surface area (Å²) < 4.78 is 27.3. The zero-order chi connectivity index (χ0) is 21.7. The number of aliphatic carboxylic acids is 1. The predicted molar refractivity (Wildman–Crippen MR) is 109 cm³/mol. The third-order valence-electron chi connectivity index (χ3n) is 4.34. The third kappa shape index (κ3) is 4.88. The lowest BCUT2D eigenvalue weighted by atomic mass is 10.1. The molecule has 0 fully saturated rings. The topological polar surface area (TPSA) is 130 Å². The molecule has 3 aromatic rings. The van der Waals surface area contributed by atoms with Crippen LogP contribution in [0.2, 0.25) is 0 Å². The fourth-order valence-corrected chi connectivity index (χ4v) is 3.99. The number of carboxylic acids is 1. The van der Waals surface area contributed by atoms with Gasteiger partial charge in [0.1, 0.15) is 6.04 Å². The van der Waals surface area contributed by atoms with Gasteiger partial charge in [-0.2, -0.15) is 4.72 Å². The van der Waals surface area contributed by atoms with E-state index in [4.69, 9.17) is 0 Å². The van der Waals surface area contributed by atoms with Gasteiger partial charge in [-0.15, -0.1) is 0 Å². The molecular formula is C21H18N2O6S. The molecule has 30 heavy (non-hydrogen) atoms. The molecule has 0 spiro atoms. The Kier molecular flexibility index (Phi) is 6.24. The van der Waals surface area contributed by atoms with E-state index in [0.29, 0.717) is 5.39 Å². The molecule has 1 amide bonds. The van der Waals surface area contributed by atoms with Crippen LogP contribution in [0.25, 0.3) is 10.8 Å². The van der Waals surface area contributed by atoms with Crippen molar-refractivity contribution in [1.82, 2.24) is 10.0 Å². The van der Waals surface area contributed by atoms with Gasteiger partial charge in [0.2, 0.25) is 15.8 Å². The Morgan fingerprint density at radius 1 is 0.867 bits per heavy atom. The summed E-state index contributed by atoms with van der Waals surface area (Å²) in [5, 5.41) is 13.0. The van der Waals surface area contributed by atoms with Gasteiger partial charge in [-0.25, -0.2) is 8.42 Å². The van der Waals surface area contributed by atoms with Crippen LogP contribution in [0.3, 0.4) is 0 Å². The molecule has 3 rings (SSSR count). The van der Waals surface area contributed by atoms with Crippen LogP contribution in [-0.2, 0) is 19.6 Å². The van der Waals surface area contributed by atoms with Crippen LogP contribution in [-0.4, -0.2) is 43.8 Å². The standard InChI is InChI=1S/C21H18N2O6S/c24-19(15-7-2-1-3-8-15)20(25)22-13-18(21(26)27)23-30(28,29)17-11-10-14-6-4-5-9-16(14)12-17/h1-12,18,23H,13H2,(H,22,25)(H,26,27)/t18-/m1/s1. The van der Waals surface area contributed by atoms with E-state index in [1.807, 2.05) is 12.1 Å². The highest BCUT2D eigenvalue weighted by atomic mass is 32.2. The van der Waals surface area contributed by atoms with E-state index in [2.05, 4.69) is 10.0 Å². The molecule has 0 saturated heterocycles. The van der Waals surface area contributed by atoms with E-state index in [-0.39, 0.29) is 10.5 Å². The number of Topliss-reactive ketones (excluding diaryl/α,β-unsaturated/α-hetero) is 1. The summed E-state index contributed by atoms with van der Waals surface area (Å²) in [7, 11) is -4.18. The molecule has 1 atom stereocenters. The van der Waals surface area contributed by atoms with Gasteiger partial charge in [0.25, 0.3) is 5.91 Å². The summed E-state index contributed by atoms with van der Waals surface area (Å²) in [5.74, 6) is -3.37. The molecule has 0 aliphatic heterocycles. The summed E-state index contributed by atoms with van der Waals surface area (Å²) in [6, 6.07) is 17.6. The molecule has 0 radical (unpaired) electrons. The van der Waals surface area contributed by atoms with Crippen molar-refractivity contribution < 1.29 is 27.9 Å². The van der Waals surface area contributed by atoms with Crippen molar-refractivity contribution in [1.29, 1.82) is 0 Å². The Morgan fingerprint density at radius 3 is 2.17 bits per heavy atom. The van der Waals surface area contributed by atoms with Crippen LogP contribution in [0.5, 0.6) is 0 Å². The number of hydrogen-bond acceptors (Lipinski definition) is 5. The number of carboxylic acid groups (broad SMARTS) is 1. The predicted octanol–water partition coefficient (Wildman–Crippen LogP) is 1.57. The van der Waals surface area contributed by atoms with Crippen LogP contribution >= 0.6 is 0 Å². The SMILES string of the molecule is O=C(NC[C@@H](NS(=O)(=O)c1ccc2ccccc2c1)C(=O)O)C(=O)c1ccccc1. The smallest absolute Gasteiger partial charge is 0.323 e. The maximum Gasteiger partial charge on any atom is 0.323 e. The molecule has 3 N–H and O–H groups in total. The molecule has 0 aliphatic rings. The maximum atomic E-state index is 12.6. The van der Waals surface area contributed by atoms with E-state index >= 15 is 0 Å². The highest BCUT2D eigenvalue weighted by Crippen LogP contribution is 2.19. The first-order valence-corrected chi connectivity index (χ1v) is 10.4. The van der Waals surface area contributed by atoms with Crippen molar-refractivity contribution >= 4 is 38.5 Å². The van der Waals surface area contributed by atoms with Gasteiger partial charge in [-0.1, -0.05) is 60.7 Å². The average molecular weight is 426 g/mol.